The summed E-state index contributed by atoms with van der Waals surface area (Å²) >= 11 is 2.78. The van der Waals surface area contributed by atoms with Gasteiger partial charge in [-0.3, -0.25) is 0 Å². The van der Waals surface area contributed by atoms with E-state index in [-0.39, 0.29) is 10.2 Å². The third-order valence-corrected chi connectivity index (χ3v) is 2.19. The van der Waals surface area contributed by atoms with Gasteiger partial charge in [0.2, 0.25) is 0 Å². The molecule has 0 saturated carbocycles. The molecule has 1 aromatic rings. The van der Waals surface area contributed by atoms with E-state index in [1.165, 1.54) is 0 Å². The van der Waals surface area contributed by atoms with Crippen LogP contribution in [0.15, 0.2) is 16.6 Å². The Morgan fingerprint density at radius 2 is 1.85 bits per heavy atom. The Hall–Kier alpha value is -0.640. The molecule has 13 heavy (non-hydrogen) atoms. The Kier molecular flexibility index (Phi) is 3.66. The summed E-state index contributed by atoms with van der Waals surface area (Å²) in [5.41, 5.74) is 0. The zero-order valence-corrected chi connectivity index (χ0v) is 8.70. The van der Waals surface area contributed by atoms with Crippen molar-refractivity contribution >= 4 is 15.9 Å². The molecule has 0 radical (unpaired) electrons. The highest BCUT2D eigenvalue weighted by atomic mass is 79.9. The quantitative estimate of drug-likeness (QED) is 0.747. The number of hydrogen-bond donors (Lipinski definition) is 0. The van der Waals surface area contributed by atoms with Crippen molar-refractivity contribution in [2.45, 2.75) is 13.3 Å². The van der Waals surface area contributed by atoms with Crippen LogP contribution in [0.1, 0.15) is 13.3 Å². The molecule has 0 unspecified atom stereocenters. The van der Waals surface area contributed by atoms with E-state index >= 15 is 0 Å². The van der Waals surface area contributed by atoms with E-state index in [4.69, 9.17) is 4.74 Å². The second-order valence-corrected chi connectivity index (χ2v) is 3.34. The number of benzene rings is 1. The highest BCUT2D eigenvalue weighted by Gasteiger charge is 2.08. The maximum atomic E-state index is 12.9. The summed E-state index contributed by atoms with van der Waals surface area (Å²) < 4.78 is 30.7. The fourth-order valence-electron chi connectivity index (χ4n) is 0.836. The van der Waals surface area contributed by atoms with Gasteiger partial charge in [-0.1, -0.05) is 6.92 Å². The minimum absolute atomic E-state index is 0.156. The molecular formula is C9H9BrF2O. The van der Waals surface area contributed by atoms with Crippen molar-refractivity contribution in [3.63, 3.8) is 0 Å². The van der Waals surface area contributed by atoms with Crippen molar-refractivity contribution in [2.75, 3.05) is 6.61 Å². The first kappa shape index (κ1) is 10.4. The molecular weight excluding hydrogens is 242 g/mol. The summed E-state index contributed by atoms with van der Waals surface area (Å²) in [6.45, 7) is 2.38. The maximum Gasteiger partial charge on any atom is 0.144 e. The summed E-state index contributed by atoms with van der Waals surface area (Å²) in [4.78, 5) is 0. The number of ether oxygens (including phenoxy) is 1. The van der Waals surface area contributed by atoms with Gasteiger partial charge in [0.05, 0.1) is 11.1 Å². The number of halogens is 3. The zero-order chi connectivity index (χ0) is 9.84. The maximum absolute atomic E-state index is 12.9. The van der Waals surface area contributed by atoms with Crippen molar-refractivity contribution in [1.82, 2.24) is 0 Å². The average Bonchev–Trinajstić information content (AvgIpc) is 2.10. The lowest BCUT2D eigenvalue weighted by Gasteiger charge is -2.05. The van der Waals surface area contributed by atoms with E-state index in [1.807, 2.05) is 6.92 Å². The Morgan fingerprint density at radius 1 is 1.31 bits per heavy atom. The standard InChI is InChI=1S/C9H9BrF2O/c1-2-3-13-6-4-7(11)9(10)8(12)5-6/h4-5H,2-3H2,1H3. The smallest absolute Gasteiger partial charge is 0.144 e. The van der Waals surface area contributed by atoms with E-state index in [0.717, 1.165) is 18.6 Å². The second-order valence-electron chi connectivity index (χ2n) is 2.55. The van der Waals surface area contributed by atoms with Crippen molar-refractivity contribution in [3.05, 3.63) is 28.2 Å². The molecule has 0 aliphatic rings. The summed E-state index contributed by atoms with van der Waals surface area (Å²) in [5.74, 6) is -1.07. The van der Waals surface area contributed by atoms with Crippen LogP contribution < -0.4 is 4.74 Å². The lowest BCUT2D eigenvalue weighted by atomic mass is 10.3. The van der Waals surface area contributed by atoms with Gasteiger partial charge >= 0.3 is 0 Å². The van der Waals surface area contributed by atoms with Crippen LogP contribution in [-0.4, -0.2) is 6.61 Å². The van der Waals surface area contributed by atoms with Gasteiger partial charge in [-0.05, 0) is 22.4 Å². The summed E-state index contributed by atoms with van der Waals surface area (Å²) in [5, 5.41) is 0. The molecule has 0 heterocycles. The third kappa shape index (κ3) is 2.66. The van der Waals surface area contributed by atoms with E-state index in [1.54, 1.807) is 0 Å². The van der Waals surface area contributed by atoms with Gasteiger partial charge in [0.15, 0.2) is 0 Å². The second kappa shape index (κ2) is 4.56. The van der Waals surface area contributed by atoms with Crippen molar-refractivity contribution in [2.24, 2.45) is 0 Å². The topological polar surface area (TPSA) is 9.23 Å². The Balaban J connectivity index is 2.86. The van der Waals surface area contributed by atoms with E-state index in [0.29, 0.717) is 6.61 Å². The summed E-state index contributed by atoms with van der Waals surface area (Å²) in [7, 11) is 0. The first-order valence-corrected chi connectivity index (χ1v) is 4.71. The highest BCUT2D eigenvalue weighted by Crippen LogP contribution is 2.24. The average molecular weight is 251 g/mol. The van der Waals surface area contributed by atoms with E-state index in [9.17, 15) is 8.78 Å². The largest absolute Gasteiger partial charge is 0.493 e. The number of rotatable bonds is 3. The summed E-state index contributed by atoms with van der Waals surface area (Å²) in [6, 6.07) is 2.31. The summed E-state index contributed by atoms with van der Waals surface area (Å²) in [6.07, 6.45) is 0.805. The van der Waals surface area contributed by atoms with Crippen molar-refractivity contribution in [3.8, 4) is 5.75 Å². The third-order valence-electron chi connectivity index (χ3n) is 1.43. The van der Waals surface area contributed by atoms with Crippen LogP contribution in [-0.2, 0) is 0 Å². The highest BCUT2D eigenvalue weighted by molar-refractivity contribution is 9.10. The monoisotopic (exact) mass is 250 g/mol. The lowest BCUT2D eigenvalue weighted by Crippen LogP contribution is -1.96. The van der Waals surface area contributed by atoms with Gasteiger partial charge in [-0.25, -0.2) is 8.78 Å². The van der Waals surface area contributed by atoms with Gasteiger partial charge < -0.3 is 4.74 Å². The molecule has 0 bridgehead atoms. The molecule has 4 heteroatoms. The van der Waals surface area contributed by atoms with Crippen molar-refractivity contribution in [1.29, 1.82) is 0 Å². The molecule has 1 aromatic carbocycles. The van der Waals surface area contributed by atoms with Crippen LogP contribution in [0.3, 0.4) is 0 Å². The molecule has 0 aliphatic heterocycles. The minimum atomic E-state index is -0.647. The molecule has 0 spiro atoms. The SMILES string of the molecule is CCCOc1cc(F)c(Br)c(F)c1. The van der Waals surface area contributed by atoms with Crippen LogP contribution in [0.25, 0.3) is 0 Å². The molecule has 1 rings (SSSR count). The van der Waals surface area contributed by atoms with Gasteiger partial charge in [0.25, 0.3) is 0 Å². The molecule has 1 nitrogen and oxygen atoms in total. The predicted octanol–water partition coefficient (Wildman–Crippen LogP) is 3.52. The molecule has 0 saturated heterocycles. The first-order valence-electron chi connectivity index (χ1n) is 3.92. The Morgan fingerprint density at radius 3 is 2.31 bits per heavy atom. The molecule has 0 atom stereocenters. The zero-order valence-electron chi connectivity index (χ0n) is 7.11. The fourth-order valence-corrected chi connectivity index (χ4v) is 1.06. The lowest BCUT2D eigenvalue weighted by molar-refractivity contribution is 0.313. The first-order chi connectivity index (χ1) is 6.15. The Bertz CT molecular complexity index is 279. The normalized spacial score (nSPS) is 10.2. The molecule has 0 amide bonds. The van der Waals surface area contributed by atoms with Gasteiger partial charge in [0, 0.05) is 12.1 Å². The van der Waals surface area contributed by atoms with Crippen LogP contribution in [0, 0.1) is 11.6 Å². The van der Waals surface area contributed by atoms with Crippen LogP contribution in [0.2, 0.25) is 0 Å². The fraction of sp³-hybridized carbons (Fsp3) is 0.333. The van der Waals surface area contributed by atoms with Crippen LogP contribution in [0.4, 0.5) is 8.78 Å². The van der Waals surface area contributed by atoms with Gasteiger partial charge in [-0.2, -0.15) is 0 Å². The number of hydrogen-bond acceptors (Lipinski definition) is 1. The van der Waals surface area contributed by atoms with Gasteiger partial charge in [0.1, 0.15) is 17.4 Å². The van der Waals surface area contributed by atoms with E-state index < -0.39 is 11.6 Å². The molecule has 0 N–H and O–H groups in total. The molecule has 0 aliphatic carbocycles. The van der Waals surface area contributed by atoms with Crippen LogP contribution in [0.5, 0.6) is 5.75 Å². The molecule has 0 fully saturated rings. The van der Waals surface area contributed by atoms with Crippen LogP contribution >= 0.6 is 15.9 Å². The predicted molar refractivity (Wildman–Crippen MR) is 49.8 cm³/mol. The molecule has 72 valence electrons. The molecule has 0 aromatic heterocycles. The van der Waals surface area contributed by atoms with Crippen molar-refractivity contribution < 1.29 is 13.5 Å². The minimum Gasteiger partial charge on any atom is -0.493 e. The van der Waals surface area contributed by atoms with E-state index in [2.05, 4.69) is 15.9 Å². The Labute approximate surface area is 83.8 Å². The van der Waals surface area contributed by atoms with Gasteiger partial charge in [-0.15, -0.1) is 0 Å².